The molecule has 0 bridgehead atoms. The third kappa shape index (κ3) is 6.97. The van der Waals surface area contributed by atoms with Gasteiger partial charge in [-0.3, -0.25) is 9.59 Å². The number of ether oxygens (including phenoxy) is 1. The summed E-state index contributed by atoms with van der Waals surface area (Å²) in [5.41, 5.74) is 2.93. The quantitative estimate of drug-likeness (QED) is 0.153. The minimum absolute atomic E-state index is 0.158. The van der Waals surface area contributed by atoms with E-state index in [1.165, 1.54) is 30.2 Å². The van der Waals surface area contributed by atoms with E-state index >= 15 is 0 Å². The number of methoxy groups -OCH3 is 1. The Morgan fingerprint density at radius 3 is 2.49 bits per heavy atom. The fourth-order valence-corrected chi connectivity index (χ4v) is 7.92. The lowest BCUT2D eigenvalue weighted by Gasteiger charge is -2.33. The molecule has 0 aliphatic heterocycles. The first-order chi connectivity index (χ1) is 20.6. The zero-order valence-corrected chi connectivity index (χ0v) is 26.9. The SMILES string of the molecule is CCC(Sc1cccc(NC(=O)c2ccc3ccccc3c2)c1)C(=O)Nc1sc2c(c1C(=O)OC)CCC(C(C)(C)C)C2. The van der Waals surface area contributed by atoms with Gasteiger partial charge in [0, 0.05) is 21.0 Å². The number of benzene rings is 3. The van der Waals surface area contributed by atoms with Crippen molar-refractivity contribution in [2.45, 2.75) is 63.5 Å². The molecule has 43 heavy (non-hydrogen) atoms. The van der Waals surface area contributed by atoms with Crippen molar-refractivity contribution >= 4 is 62.3 Å². The molecule has 2 atom stereocenters. The van der Waals surface area contributed by atoms with Crippen LogP contribution in [0.25, 0.3) is 10.8 Å². The number of rotatable bonds is 8. The van der Waals surface area contributed by atoms with Crippen LogP contribution in [0.15, 0.2) is 71.6 Å². The summed E-state index contributed by atoms with van der Waals surface area (Å²) in [6, 6.07) is 21.1. The number of amides is 2. The van der Waals surface area contributed by atoms with Crippen molar-refractivity contribution in [3.63, 3.8) is 0 Å². The topological polar surface area (TPSA) is 84.5 Å². The maximum absolute atomic E-state index is 13.6. The first-order valence-corrected chi connectivity index (χ1v) is 16.4. The molecular formula is C35H38N2O4S2. The standard InChI is InChI=1S/C35H38N2O4S2/c1-6-28(32(39)37-33-30(34(40)41-5)27-17-16-24(35(2,3)4)19-29(27)43-33)42-26-13-9-12-25(20-26)36-31(38)23-15-14-21-10-7-8-11-22(21)18-23/h7-15,18,20,24,28H,6,16-17,19H2,1-5H3,(H,36,38)(H,37,39). The van der Waals surface area contributed by atoms with Crippen LogP contribution in [-0.4, -0.2) is 30.1 Å². The second kappa shape index (κ2) is 12.9. The number of anilines is 2. The lowest BCUT2D eigenvalue weighted by atomic mass is 9.72. The molecule has 0 fully saturated rings. The second-order valence-corrected chi connectivity index (χ2v) is 14.4. The summed E-state index contributed by atoms with van der Waals surface area (Å²) in [5.74, 6) is -0.240. The minimum Gasteiger partial charge on any atom is -0.465 e. The van der Waals surface area contributed by atoms with Crippen LogP contribution in [0.3, 0.4) is 0 Å². The van der Waals surface area contributed by atoms with Gasteiger partial charge in [0.25, 0.3) is 5.91 Å². The highest BCUT2D eigenvalue weighted by molar-refractivity contribution is 8.00. The first-order valence-electron chi connectivity index (χ1n) is 14.7. The molecule has 2 N–H and O–H groups in total. The van der Waals surface area contributed by atoms with Crippen LogP contribution in [0.2, 0.25) is 0 Å². The third-order valence-corrected chi connectivity index (χ3v) is 10.7. The molecule has 1 aliphatic rings. The molecule has 0 spiro atoms. The number of hydrogen-bond donors (Lipinski definition) is 2. The maximum Gasteiger partial charge on any atom is 0.341 e. The Kier molecular flexibility index (Phi) is 9.28. The summed E-state index contributed by atoms with van der Waals surface area (Å²) in [6.45, 7) is 8.74. The molecule has 1 aromatic heterocycles. The number of esters is 1. The van der Waals surface area contributed by atoms with Crippen molar-refractivity contribution in [3.8, 4) is 0 Å². The Bertz CT molecular complexity index is 1670. The van der Waals surface area contributed by atoms with Gasteiger partial charge in [0.2, 0.25) is 5.91 Å². The van der Waals surface area contributed by atoms with E-state index in [4.69, 9.17) is 4.74 Å². The van der Waals surface area contributed by atoms with Crippen LogP contribution >= 0.6 is 23.1 Å². The van der Waals surface area contributed by atoms with Crippen LogP contribution < -0.4 is 10.6 Å². The van der Waals surface area contributed by atoms with Gasteiger partial charge in [-0.1, -0.05) is 64.1 Å². The van der Waals surface area contributed by atoms with E-state index in [0.717, 1.165) is 45.4 Å². The van der Waals surface area contributed by atoms with Gasteiger partial charge in [0.05, 0.1) is 17.9 Å². The molecule has 0 saturated heterocycles. The highest BCUT2D eigenvalue weighted by Crippen LogP contribution is 2.44. The molecular weight excluding hydrogens is 577 g/mol. The van der Waals surface area contributed by atoms with Crippen molar-refractivity contribution < 1.29 is 19.1 Å². The van der Waals surface area contributed by atoms with Crippen LogP contribution in [0.1, 0.15) is 71.7 Å². The van der Waals surface area contributed by atoms with Crippen LogP contribution in [0.4, 0.5) is 10.7 Å². The predicted molar refractivity (Wildman–Crippen MR) is 178 cm³/mol. The Labute approximate surface area is 261 Å². The second-order valence-electron chi connectivity index (χ2n) is 12.1. The molecule has 0 radical (unpaired) electrons. The molecule has 5 rings (SSSR count). The summed E-state index contributed by atoms with van der Waals surface area (Å²) in [6.07, 6.45) is 3.30. The Morgan fingerprint density at radius 1 is 1.00 bits per heavy atom. The minimum atomic E-state index is -0.405. The van der Waals surface area contributed by atoms with Gasteiger partial charge >= 0.3 is 5.97 Å². The van der Waals surface area contributed by atoms with E-state index in [1.807, 2.05) is 73.7 Å². The van der Waals surface area contributed by atoms with Crippen LogP contribution in [-0.2, 0) is 22.4 Å². The molecule has 8 heteroatoms. The summed E-state index contributed by atoms with van der Waals surface area (Å²) in [5, 5.41) is 8.34. The van der Waals surface area contributed by atoms with Gasteiger partial charge < -0.3 is 15.4 Å². The Morgan fingerprint density at radius 2 is 1.77 bits per heavy atom. The third-order valence-electron chi connectivity index (χ3n) is 8.16. The Balaban J connectivity index is 1.29. The lowest BCUT2D eigenvalue weighted by molar-refractivity contribution is -0.115. The zero-order chi connectivity index (χ0) is 30.7. The number of carbonyl (C=O) groups excluding carboxylic acids is 3. The summed E-state index contributed by atoms with van der Waals surface area (Å²) >= 11 is 2.94. The number of thioether (sulfide) groups is 1. The fraction of sp³-hybridized carbons (Fsp3) is 0.343. The van der Waals surface area contributed by atoms with Crippen molar-refractivity contribution in [3.05, 3.63) is 88.3 Å². The molecule has 1 aliphatic carbocycles. The molecule has 6 nitrogen and oxygen atoms in total. The highest BCUT2D eigenvalue weighted by Gasteiger charge is 2.35. The summed E-state index contributed by atoms with van der Waals surface area (Å²) < 4.78 is 5.13. The number of fused-ring (bicyclic) bond motifs is 2. The molecule has 0 saturated carbocycles. The largest absolute Gasteiger partial charge is 0.465 e. The summed E-state index contributed by atoms with van der Waals surface area (Å²) in [7, 11) is 1.38. The van der Waals surface area contributed by atoms with E-state index < -0.39 is 11.2 Å². The van der Waals surface area contributed by atoms with E-state index in [-0.39, 0.29) is 17.2 Å². The summed E-state index contributed by atoms with van der Waals surface area (Å²) in [4.78, 5) is 41.4. The number of hydrogen-bond acceptors (Lipinski definition) is 6. The average Bonchev–Trinajstić information content (AvgIpc) is 3.35. The number of thiophene rings is 1. The van der Waals surface area contributed by atoms with E-state index in [0.29, 0.717) is 34.2 Å². The molecule has 3 aromatic carbocycles. The number of carbonyl (C=O) groups is 3. The predicted octanol–water partition coefficient (Wildman–Crippen LogP) is 8.60. The van der Waals surface area contributed by atoms with E-state index in [9.17, 15) is 14.4 Å². The van der Waals surface area contributed by atoms with Crippen molar-refractivity contribution in [2.24, 2.45) is 11.3 Å². The lowest BCUT2D eigenvalue weighted by Crippen LogP contribution is -2.27. The van der Waals surface area contributed by atoms with Gasteiger partial charge in [-0.25, -0.2) is 4.79 Å². The van der Waals surface area contributed by atoms with Crippen molar-refractivity contribution in [1.82, 2.24) is 0 Å². The van der Waals surface area contributed by atoms with Gasteiger partial charge in [-0.15, -0.1) is 23.1 Å². The number of nitrogens with one attached hydrogen (secondary N) is 2. The monoisotopic (exact) mass is 614 g/mol. The van der Waals surface area contributed by atoms with Crippen molar-refractivity contribution in [2.75, 3.05) is 17.7 Å². The van der Waals surface area contributed by atoms with Gasteiger partial charge in [-0.05, 0) is 83.7 Å². The van der Waals surface area contributed by atoms with Crippen LogP contribution in [0.5, 0.6) is 0 Å². The normalized spacial score (nSPS) is 15.4. The van der Waals surface area contributed by atoms with Gasteiger partial charge in [0.15, 0.2) is 0 Å². The van der Waals surface area contributed by atoms with Crippen LogP contribution in [0, 0.1) is 11.3 Å². The van der Waals surface area contributed by atoms with E-state index in [1.54, 1.807) is 0 Å². The van der Waals surface area contributed by atoms with Gasteiger partial charge in [0.1, 0.15) is 5.00 Å². The Hall–Kier alpha value is -3.62. The molecule has 224 valence electrons. The fourth-order valence-electron chi connectivity index (χ4n) is 5.59. The smallest absolute Gasteiger partial charge is 0.341 e. The zero-order valence-electron chi connectivity index (χ0n) is 25.3. The van der Waals surface area contributed by atoms with Gasteiger partial charge in [-0.2, -0.15) is 0 Å². The van der Waals surface area contributed by atoms with E-state index in [2.05, 4.69) is 31.4 Å². The molecule has 1 heterocycles. The molecule has 2 unspecified atom stereocenters. The van der Waals surface area contributed by atoms with Crippen molar-refractivity contribution in [1.29, 1.82) is 0 Å². The molecule has 4 aromatic rings. The maximum atomic E-state index is 13.6. The average molecular weight is 615 g/mol. The molecule has 2 amide bonds. The highest BCUT2D eigenvalue weighted by atomic mass is 32.2. The first kappa shape index (κ1) is 30.8.